The molecule has 0 spiro atoms. The van der Waals surface area contributed by atoms with Gasteiger partial charge in [-0.2, -0.15) is 0 Å². The van der Waals surface area contributed by atoms with Gasteiger partial charge in [0.25, 0.3) is 11.6 Å². The van der Waals surface area contributed by atoms with E-state index >= 15 is 0 Å². The van der Waals surface area contributed by atoms with Crippen LogP contribution in [0.5, 0.6) is 0 Å². The Morgan fingerprint density at radius 3 is 2.57 bits per heavy atom. The van der Waals surface area contributed by atoms with E-state index in [0.29, 0.717) is 18.7 Å². The van der Waals surface area contributed by atoms with E-state index in [4.69, 9.17) is 4.74 Å². The summed E-state index contributed by atoms with van der Waals surface area (Å²) in [6.07, 6.45) is 0. The molecule has 120 valence electrons. The SMILES string of the molecule is COCc1ccccc1CNC(=O)c1ccc(C)c([N+](=O)[O-])c1. The zero-order chi connectivity index (χ0) is 16.8. The Kier molecular flexibility index (Phi) is 5.43. The molecular formula is C17H18N2O4. The third kappa shape index (κ3) is 4.14. The Morgan fingerprint density at radius 1 is 1.22 bits per heavy atom. The van der Waals surface area contributed by atoms with Crippen molar-refractivity contribution >= 4 is 11.6 Å². The maximum atomic E-state index is 12.2. The molecule has 6 nitrogen and oxygen atoms in total. The topological polar surface area (TPSA) is 81.5 Å². The van der Waals surface area contributed by atoms with Gasteiger partial charge in [0.15, 0.2) is 0 Å². The average Bonchev–Trinajstić information content (AvgIpc) is 2.54. The fraction of sp³-hybridized carbons (Fsp3) is 0.235. The van der Waals surface area contributed by atoms with E-state index < -0.39 is 4.92 Å². The van der Waals surface area contributed by atoms with Gasteiger partial charge in [-0.1, -0.05) is 30.3 Å². The number of nitro benzene ring substituents is 1. The quantitative estimate of drug-likeness (QED) is 0.656. The highest BCUT2D eigenvalue weighted by atomic mass is 16.6. The second-order valence-corrected chi connectivity index (χ2v) is 5.14. The van der Waals surface area contributed by atoms with Crippen molar-refractivity contribution in [1.82, 2.24) is 5.32 Å². The highest BCUT2D eigenvalue weighted by Crippen LogP contribution is 2.19. The van der Waals surface area contributed by atoms with Crippen LogP contribution in [0.25, 0.3) is 0 Å². The lowest BCUT2D eigenvalue weighted by Gasteiger charge is -2.10. The molecule has 0 aliphatic rings. The first-order valence-electron chi connectivity index (χ1n) is 7.12. The van der Waals surface area contributed by atoms with Gasteiger partial charge in [-0.05, 0) is 24.1 Å². The van der Waals surface area contributed by atoms with E-state index in [9.17, 15) is 14.9 Å². The highest BCUT2D eigenvalue weighted by Gasteiger charge is 2.15. The van der Waals surface area contributed by atoms with Gasteiger partial charge in [0, 0.05) is 30.8 Å². The fourth-order valence-electron chi connectivity index (χ4n) is 2.25. The van der Waals surface area contributed by atoms with Crippen molar-refractivity contribution in [2.45, 2.75) is 20.1 Å². The van der Waals surface area contributed by atoms with Crippen LogP contribution >= 0.6 is 0 Å². The van der Waals surface area contributed by atoms with E-state index in [2.05, 4.69) is 5.32 Å². The molecule has 1 N–H and O–H groups in total. The Balaban J connectivity index is 2.11. The van der Waals surface area contributed by atoms with Gasteiger partial charge in [0.1, 0.15) is 0 Å². The molecule has 0 saturated carbocycles. The van der Waals surface area contributed by atoms with E-state index in [1.165, 1.54) is 6.07 Å². The molecule has 2 rings (SSSR count). The van der Waals surface area contributed by atoms with E-state index in [-0.39, 0.29) is 17.2 Å². The maximum absolute atomic E-state index is 12.2. The van der Waals surface area contributed by atoms with Crippen LogP contribution in [0.2, 0.25) is 0 Å². The van der Waals surface area contributed by atoms with Crippen molar-refractivity contribution in [3.8, 4) is 0 Å². The van der Waals surface area contributed by atoms with Crippen LogP contribution in [0.1, 0.15) is 27.0 Å². The number of hydrogen-bond acceptors (Lipinski definition) is 4. The number of methoxy groups -OCH3 is 1. The van der Waals surface area contributed by atoms with Crippen molar-refractivity contribution in [1.29, 1.82) is 0 Å². The molecular weight excluding hydrogens is 296 g/mol. The van der Waals surface area contributed by atoms with Gasteiger partial charge in [-0.15, -0.1) is 0 Å². The lowest BCUT2D eigenvalue weighted by molar-refractivity contribution is -0.385. The Hall–Kier alpha value is -2.73. The standard InChI is InChI=1S/C17H18N2O4/c1-12-7-8-13(9-16(12)19(21)22)17(20)18-10-14-5-3-4-6-15(14)11-23-2/h3-9H,10-11H2,1-2H3,(H,18,20). The molecule has 0 heterocycles. The number of hydrogen-bond donors (Lipinski definition) is 1. The van der Waals surface area contributed by atoms with E-state index in [1.54, 1.807) is 26.2 Å². The van der Waals surface area contributed by atoms with Crippen LogP contribution in [0, 0.1) is 17.0 Å². The number of carbonyl (C=O) groups excluding carboxylic acids is 1. The Bertz CT molecular complexity index is 728. The number of carbonyl (C=O) groups is 1. The van der Waals surface area contributed by atoms with Crippen LogP contribution < -0.4 is 5.32 Å². The minimum Gasteiger partial charge on any atom is -0.380 e. The maximum Gasteiger partial charge on any atom is 0.273 e. The zero-order valence-corrected chi connectivity index (χ0v) is 13.0. The van der Waals surface area contributed by atoms with E-state index in [0.717, 1.165) is 11.1 Å². The van der Waals surface area contributed by atoms with Crippen molar-refractivity contribution in [2.75, 3.05) is 7.11 Å². The number of amides is 1. The lowest BCUT2D eigenvalue weighted by Crippen LogP contribution is -2.23. The molecule has 0 bridgehead atoms. The number of rotatable bonds is 6. The van der Waals surface area contributed by atoms with E-state index in [1.807, 2.05) is 24.3 Å². The lowest BCUT2D eigenvalue weighted by atomic mass is 10.1. The highest BCUT2D eigenvalue weighted by molar-refractivity contribution is 5.94. The molecule has 1 amide bonds. The Morgan fingerprint density at radius 2 is 1.91 bits per heavy atom. The van der Waals surface area contributed by atoms with Gasteiger partial charge in [-0.25, -0.2) is 0 Å². The first-order chi connectivity index (χ1) is 11.0. The molecule has 0 fully saturated rings. The molecule has 0 aromatic heterocycles. The van der Waals surface area contributed by atoms with Crippen LogP contribution in [-0.2, 0) is 17.9 Å². The first kappa shape index (κ1) is 16.6. The molecule has 2 aromatic carbocycles. The first-order valence-corrected chi connectivity index (χ1v) is 7.12. The summed E-state index contributed by atoms with van der Waals surface area (Å²) in [6, 6.07) is 12.1. The van der Waals surface area contributed by atoms with Crippen molar-refractivity contribution in [3.05, 3.63) is 74.8 Å². The average molecular weight is 314 g/mol. The van der Waals surface area contributed by atoms with Crippen LogP contribution in [0.3, 0.4) is 0 Å². The van der Waals surface area contributed by atoms with Crippen LogP contribution in [-0.4, -0.2) is 17.9 Å². The van der Waals surface area contributed by atoms with Crippen molar-refractivity contribution in [2.24, 2.45) is 0 Å². The number of ether oxygens (including phenoxy) is 1. The molecule has 23 heavy (non-hydrogen) atoms. The molecule has 0 saturated heterocycles. The minimum atomic E-state index is -0.486. The zero-order valence-electron chi connectivity index (χ0n) is 13.0. The number of nitrogens with one attached hydrogen (secondary N) is 1. The molecule has 6 heteroatoms. The third-order valence-electron chi connectivity index (χ3n) is 3.53. The second kappa shape index (κ2) is 7.51. The number of aryl methyl sites for hydroxylation is 1. The summed E-state index contributed by atoms with van der Waals surface area (Å²) < 4.78 is 5.13. The largest absolute Gasteiger partial charge is 0.380 e. The minimum absolute atomic E-state index is 0.0579. The predicted octanol–water partition coefficient (Wildman–Crippen LogP) is 2.98. The van der Waals surface area contributed by atoms with Crippen LogP contribution in [0.15, 0.2) is 42.5 Å². The van der Waals surface area contributed by atoms with Gasteiger partial charge < -0.3 is 10.1 Å². The van der Waals surface area contributed by atoms with Gasteiger partial charge in [-0.3, -0.25) is 14.9 Å². The molecule has 0 aliphatic carbocycles. The number of benzene rings is 2. The molecule has 0 atom stereocenters. The summed E-state index contributed by atoms with van der Waals surface area (Å²) >= 11 is 0. The summed E-state index contributed by atoms with van der Waals surface area (Å²) in [5.74, 6) is -0.347. The number of nitrogens with zero attached hydrogens (tertiary/aromatic N) is 1. The van der Waals surface area contributed by atoms with Crippen molar-refractivity contribution in [3.63, 3.8) is 0 Å². The molecule has 2 aromatic rings. The van der Waals surface area contributed by atoms with Crippen molar-refractivity contribution < 1.29 is 14.5 Å². The fourth-order valence-corrected chi connectivity index (χ4v) is 2.25. The van der Waals surface area contributed by atoms with Crippen LogP contribution in [0.4, 0.5) is 5.69 Å². The second-order valence-electron chi connectivity index (χ2n) is 5.14. The summed E-state index contributed by atoms with van der Waals surface area (Å²) in [5.41, 5.74) is 2.68. The van der Waals surface area contributed by atoms with Gasteiger partial charge in [0.2, 0.25) is 0 Å². The monoisotopic (exact) mass is 314 g/mol. The molecule has 0 radical (unpaired) electrons. The molecule has 0 aliphatic heterocycles. The normalized spacial score (nSPS) is 10.3. The summed E-state index contributed by atoms with van der Waals surface area (Å²) in [7, 11) is 1.61. The Labute approximate surface area is 134 Å². The summed E-state index contributed by atoms with van der Waals surface area (Å²) in [6.45, 7) is 2.43. The molecule has 0 unspecified atom stereocenters. The summed E-state index contributed by atoms with van der Waals surface area (Å²) in [5, 5.41) is 13.7. The smallest absolute Gasteiger partial charge is 0.273 e. The number of nitro groups is 1. The van der Waals surface area contributed by atoms with Gasteiger partial charge >= 0.3 is 0 Å². The third-order valence-corrected chi connectivity index (χ3v) is 3.53. The van der Waals surface area contributed by atoms with Gasteiger partial charge in [0.05, 0.1) is 11.5 Å². The predicted molar refractivity (Wildman–Crippen MR) is 86.2 cm³/mol. The summed E-state index contributed by atoms with van der Waals surface area (Å²) in [4.78, 5) is 22.7.